The number of hydrogen-bond acceptors (Lipinski definition) is 3. The summed E-state index contributed by atoms with van der Waals surface area (Å²) in [5.74, 6) is -0.00101. The third-order valence-corrected chi connectivity index (χ3v) is 3.24. The van der Waals surface area contributed by atoms with Crippen LogP contribution in [0.5, 0.6) is 0 Å². The van der Waals surface area contributed by atoms with Gasteiger partial charge in [-0.1, -0.05) is 43.6 Å². The molecule has 0 amide bonds. The molecule has 2 heterocycles. The number of fused-ring (bicyclic) bond motifs is 1. The highest BCUT2D eigenvalue weighted by molar-refractivity contribution is 6.31. The summed E-state index contributed by atoms with van der Waals surface area (Å²) in [6, 6.07) is 12.9. The van der Waals surface area contributed by atoms with Gasteiger partial charge < -0.3 is 0 Å². The molecule has 3 aromatic rings. The molecule has 0 radical (unpaired) electrons. The van der Waals surface area contributed by atoms with Crippen LogP contribution in [0.4, 0.5) is 0 Å². The van der Waals surface area contributed by atoms with Crippen molar-refractivity contribution in [2.24, 2.45) is 0 Å². The summed E-state index contributed by atoms with van der Waals surface area (Å²) < 4.78 is 0. The average Bonchev–Trinajstić information content (AvgIpc) is 2.57. The Bertz CT molecular complexity index is 772. The van der Waals surface area contributed by atoms with Gasteiger partial charge in [-0.15, -0.1) is 0 Å². The molecule has 0 aliphatic carbocycles. The molecule has 3 rings (SSSR count). The van der Waals surface area contributed by atoms with Gasteiger partial charge in [0.25, 0.3) is 0 Å². The lowest BCUT2D eigenvalue weighted by Crippen LogP contribution is -2.05. The number of carbonyl (C=O) groups is 1. The van der Waals surface area contributed by atoms with Crippen molar-refractivity contribution < 1.29 is 4.79 Å². The highest BCUT2D eigenvalue weighted by Gasteiger charge is 2.08. The first-order chi connectivity index (χ1) is 10.7. The second-order valence-corrected chi connectivity index (χ2v) is 4.93. The Morgan fingerprint density at radius 2 is 1.91 bits per heavy atom. The van der Waals surface area contributed by atoms with Crippen LogP contribution in [0.2, 0.25) is 5.02 Å². The number of pyridine rings is 2. The zero-order valence-electron chi connectivity index (χ0n) is 12.6. The highest BCUT2D eigenvalue weighted by atomic mass is 35.5. The number of benzene rings is 1. The maximum atomic E-state index is 12.1. The van der Waals surface area contributed by atoms with Crippen molar-refractivity contribution in [3.63, 3.8) is 0 Å². The molecule has 4 heteroatoms. The van der Waals surface area contributed by atoms with Crippen LogP contribution in [0.1, 0.15) is 29.9 Å². The second kappa shape index (κ2) is 7.66. The van der Waals surface area contributed by atoms with Crippen molar-refractivity contribution in [3.8, 4) is 0 Å². The Morgan fingerprint density at radius 1 is 1.09 bits per heavy atom. The summed E-state index contributed by atoms with van der Waals surface area (Å²) in [7, 11) is 0. The Labute approximate surface area is 135 Å². The molecule has 0 saturated heterocycles. The SMILES string of the molecule is CC.O=C(Cc1ccc2cc(Cl)cnc2c1)c1ccccn1. The first-order valence-electron chi connectivity index (χ1n) is 7.21. The number of nitrogens with zero attached hydrogens (tertiary/aromatic N) is 2. The van der Waals surface area contributed by atoms with Gasteiger partial charge in [-0.3, -0.25) is 14.8 Å². The van der Waals surface area contributed by atoms with E-state index in [1.165, 1.54) is 0 Å². The van der Waals surface area contributed by atoms with Gasteiger partial charge >= 0.3 is 0 Å². The summed E-state index contributed by atoms with van der Waals surface area (Å²) in [5, 5.41) is 1.57. The maximum absolute atomic E-state index is 12.1. The number of halogens is 1. The monoisotopic (exact) mass is 312 g/mol. The summed E-state index contributed by atoms with van der Waals surface area (Å²) in [4.78, 5) is 20.4. The molecule has 0 atom stereocenters. The van der Waals surface area contributed by atoms with E-state index in [0.29, 0.717) is 17.1 Å². The van der Waals surface area contributed by atoms with Gasteiger partial charge in [-0.05, 0) is 29.8 Å². The van der Waals surface area contributed by atoms with Gasteiger partial charge in [-0.2, -0.15) is 0 Å². The van der Waals surface area contributed by atoms with E-state index in [-0.39, 0.29) is 5.78 Å². The number of hydrogen-bond donors (Lipinski definition) is 0. The molecule has 0 bridgehead atoms. The predicted molar refractivity (Wildman–Crippen MR) is 90.4 cm³/mol. The molecule has 1 aromatic carbocycles. The zero-order valence-corrected chi connectivity index (χ0v) is 13.3. The van der Waals surface area contributed by atoms with Crippen molar-refractivity contribution in [2.45, 2.75) is 20.3 Å². The largest absolute Gasteiger partial charge is 0.292 e. The molecule has 0 saturated carbocycles. The fourth-order valence-corrected chi connectivity index (χ4v) is 2.22. The summed E-state index contributed by atoms with van der Waals surface area (Å²) in [6.07, 6.45) is 3.54. The molecule has 0 N–H and O–H groups in total. The standard InChI is InChI=1S/C16H11ClN2O.C2H6/c17-13-9-12-5-4-11(7-15(12)19-10-13)8-16(20)14-3-1-2-6-18-14;1-2/h1-7,9-10H,8H2;1-2H3. The van der Waals surface area contributed by atoms with Crippen LogP contribution in [-0.2, 0) is 6.42 Å². The lowest BCUT2D eigenvalue weighted by atomic mass is 10.0. The molecular weight excluding hydrogens is 296 g/mol. The molecule has 112 valence electrons. The van der Waals surface area contributed by atoms with Crippen molar-refractivity contribution in [1.29, 1.82) is 0 Å². The van der Waals surface area contributed by atoms with Gasteiger partial charge in [0.2, 0.25) is 0 Å². The first-order valence-corrected chi connectivity index (χ1v) is 7.58. The topological polar surface area (TPSA) is 42.9 Å². The van der Waals surface area contributed by atoms with Gasteiger partial charge in [0.15, 0.2) is 5.78 Å². The van der Waals surface area contributed by atoms with E-state index in [0.717, 1.165) is 16.5 Å². The van der Waals surface area contributed by atoms with Crippen LogP contribution < -0.4 is 0 Å². The Hall–Kier alpha value is -2.26. The van der Waals surface area contributed by atoms with Crippen LogP contribution >= 0.6 is 11.6 Å². The number of rotatable bonds is 3. The van der Waals surface area contributed by atoms with Crippen molar-refractivity contribution in [3.05, 3.63) is 71.1 Å². The lowest BCUT2D eigenvalue weighted by Gasteiger charge is -2.03. The van der Waals surface area contributed by atoms with Gasteiger partial charge in [0.1, 0.15) is 5.69 Å². The van der Waals surface area contributed by atoms with Crippen LogP contribution in [0, 0.1) is 0 Å². The lowest BCUT2D eigenvalue weighted by molar-refractivity contribution is 0.0988. The minimum atomic E-state index is -0.00101. The molecular formula is C18H17ClN2O. The van der Waals surface area contributed by atoms with Gasteiger partial charge in [0, 0.05) is 24.2 Å². The quantitative estimate of drug-likeness (QED) is 0.656. The van der Waals surface area contributed by atoms with E-state index >= 15 is 0 Å². The summed E-state index contributed by atoms with van der Waals surface area (Å²) >= 11 is 5.90. The van der Waals surface area contributed by atoms with E-state index < -0.39 is 0 Å². The molecule has 0 aliphatic heterocycles. The number of aromatic nitrogens is 2. The molecule has 0 spiro atoms. The summed E-state index contributed by atoms with van der Waals surface area (Å²) in [5.41, 5.74) is 2.24. The third-order valence-electron chi connectivity index (χ3n) is 3.03. The smallest absolute Gasteiger partial charge is 0.185 e. The fraction of sp³-hybridized carbons (Fsp3) is 0.167. The van der Waals surface area contributed by atoms with Gasteiger partial charge in [-0.25, -0.2) is 0 Å². The zero-order chi connectivity index (χ0) is 15.9. The Balaban J connectivity index is 0.000000847. The Kier molecular flexibility index (Phi) is 5.61. The number of carbonyl (C=O) groups excluding carboxylic acids is 1. The van der Waals surface area contributed by atoms with Crippen molar-refractivity contribution >= 4 is 28.3 Å². The first kappa shape index (κ1) is 16.1. The second-order valence-electron chi connectivity index (χ2n) is 4.50. The summed E-state index contributed by atoms with van der Waals surface area (Å²) in [6.45, 7) is 4.00. The fourth-order valence-electron chi connectivity index (χ4n) is 2.05. The molecule has 22 heavy (non-hydrogen) atoms. The van der Waals surface area contributed by atoms with Gasteiger partial charge in [0.05, 0.1) is 10.5 Å². The van der Waals surface area contributed by atoms with E-state index in [2.05, 4.69) is 9.97 Å². The van der Waals surface area contributed by atoms with Crippen molar-refractivity contribution in [1.82, 2.24) is 9.97 Å². The molecule has 3 nitrogen and oxygen atoms in total. The maximum Gasteiger partial charge on any atom is 0.185 e. The average molecular weight is 313 g/mol. The number of ketones is 1. The molecule has 0 fully saturated rings. The normalized spacial score (nSPS) is 9.95. The Morgan fingerprint density at radius 3 is 2.64 bits per heavy atom. The van der Waals surface area contributed by atoms with Crippen LogP contribution in [0.3, 0.4) is 0 Å². The molecule has 0 unspecified atom stereocenters. The van der Waals surface area contributed by atoms with E-state index in [1.807, 2.05) is 44.2 Å². The van der Waals surface area contributed by atoms with Crippen molar-refractivity contribution in [2.75, 3.05) is 0 Å². The van der Waals surface area contributed by atoms with E-state index in [1.54, 1.807) is 24.5 Å². The van der Waals surface area contributed by atoms with E-state index in [9.17, 15) is 4.79 Å². The van der Waals surface area contributed by atoms with E-state index in [4.69, 9.17) is 11.6 Å². The number of Topliss-reactive ketones (excluding diaryl/α,β-unsaturated/α-hetero) is 1. The van der Waals surface area contributed by atoms with Crippen LogP contribution in [0.25, 0.3) is 10.9 Å². The van der Waals surface area contributed by atoms with Crippen LogP contribution in [-0.4, -0.2) is 15.8 Å². The molecule has 2 aromatic heterocycles. The molecule has 0 aliphatic rings. The van der Waals surface area contributed by atoms with Crippen LogP contribution in [0.15, 0.2) is 54.9 Å². The minimum absolute atomic E-state index is 0.00101. The highest BCUT2D eigenvalue weighted by Crippen LogP contribution is 2.18. The minimum Gasteiger partial charge on any atom is -0.292 e. The predicted octanol–water partition coefficient (Wildman–Crippen LogP) is 4.73. The third kappa shape index (κ3) is 3.89.